The van der Waals surface area contributed by atoms with Crippen LogP contribution in [0.3, 0.4) is 0 Å². The predicted molar refractivity (Wildman–Crippen MR) is 108 cm³/mol. The van der Waals surface area contributed by atoms with Gasteiger partial charge in [0.05, 0.1) is 23.5 Å². The van der Waals surface area contributed by atoms with Crippen LogP contribution < -0.4 is 14.9 Å². The van der Waals surface area contributed by atoms with E-state index in [0.29, 0.717) is 23.7 Å². The van der Waals surface area contributed by atoms with Crippen molar-refractivity contribution in [2.45, 2.75) is 6.92 Å². The first-order valence-corrected chi connectivity index (χ1v) is 9.02. The van der Waals surface area contributed by atoms with Crippen molar-refractivity contribution in [3.63, 3.8) is 0 Å². The monoisotopic (exact) mass is 464 g/mol. The van der Waals surface area contributed by atoms with Gasteiger partial charge in [-0.2, -0.15) is 5.10 Å². The lowest BCUT2D eigenvalue weighted by molar-refractivity contribution is 0.0929. The SMILES string of the molecule is CCOc1c(I)cc(/C=N/NC(=O)c2cc3ccccc3o2)cc1OC. The summed E-state index contributed by atoms with van der Waals surface area (Å²) in [4.78, 5) is 12.2. The van der Waals surface area contributed by atoms with Crippen molar-refractivity contribution in [1.29, 1.82) is 0 Å². The molecule has 134 valence electrons. The number of furan rings is 1. The second-order valence-electron chi connectivity index (χ2n) is 5.31. The number of nitrogens with zero attached hydrogens (tertiary/aromatic N) is 1. The third-order valence-electron chi connectivity index (χ3n) is 3.57. The van der Waals surface area contributed by atoms with Gasteiger partial charge in [0.1, 0.15) is 5.58 Å². The Balaban J connectivity index is 1.73. The van der Waals surface area contributed by atoms with Crippen LogP contribution in [0.2, 0.25) is 0 Å². The number of carbonyl (C=O) groups is 1. The fourth-order valence-electron chi connectivity index (χ4n) is 2.41. The number of methoxy groups -OCH3 is 1. The van der Waals surface area contributed by atoms with Crippen LogP contribution in [0.4, 0.5) is 0 Å². The molecule has 26 heavy (non-hydrogen) atoms. The molecule has 0 aliphatic rings. The first-order valence-electron chi connectivity index (χ1n) is 7.94. The highest BCUT2D eigenvalue weighted by Gasteiger charge is 2.12. The van der Waals surface area contributed by atoms with Gasteiger partial charge in [0, 0.05) is 5.39 Å². The van der Waals surface area contributed by atoms with E-state index in [1.807, 2.05) is 37.3 Å². The fourth-order valence-corrected chi connectivity index (χ4v) is 3.19. The summed E-state index contributed by atoms with van der Waals surface area (Å²) in [6.45, 7) is 2.46. The van der Waals surface area contributed by atoms with Crippen LogP contribution in [-0.4, -0.2) is 25.8 Å². The topological polar surface area (TPSA) is 73.1 Å². The van der Waals surface area contributed by atoms with Crippen molar-refractivity contribution >= 4 is 45.7 Å². The van der Waals surface area contributed by atoms with Crippen molar-refractivity contribution in [3.8, 4) is 11.5 Å². The van der Waals surface area contributed by atoms with Gasteiger partial charge in [0.2, 0.25) is 0 Å². The molecule has 0 aliphatic carbocycles. The molecule has 1 amide bonds. The van der Waals surface area contributed by atoms with Gasteiger partial charge in [0.25, 0.3) is 0 Å². The Morgan fingerprint density at radius 2 is 2.12 bits per heavy atom. The highest BCUT2D eigenvalue weighted by atomic mass is 127. The van der Waals surface area contributed by atoms with Gasteiger partial charge < -0.3 is 13.9 Å². The smallest absolute Gasteiger partial charge is 0.307 e. The van der Waals surface area contributed by atoms with E-state index in [0.717, 1.165) is 14.5 Å². The Labute approximate surface area is 164 Å². The number of rotatable bonds is 6. The number of halogens is 1. The summed E-state index contributed by atoms with van der Waals surface area (Å²) >= 11 is 2.17. The molecule has 0 saturated heterocycles. The number of ether oxygens (including phenoxy) is 2. The number of nitrogens with one attached hydrogen (secondary N) is 1. The van der Waals surface area contributed by atoms with Crippen LogP contribution in [0.15, 0.2) is 52.0 Å². The molecule has 1 heterocycles. The molecule has 0 radical (unpaired) electrons. The van der Waals surface area contributed by atoms with Crippen LogP contribution in [0.5, 0.6) is 11.5 Å². The Bertz CT molecular complexity index is 932. The Hall–Kier alpha value is -2.55. The maximum absolute atomic E-state index is 12.2. The molecule has 0 fully saturated rings. The molecule has 0 aliphatic heterocycles. The standard InChI is InChI=1S/C19H17IN2O4/c1-3-25-18-14(20)8-12(9-16(18)24-2)11-21-22-19(23)17-10-13-6-4-5-7-15(13)26-17/h4-11H,3H2,1-2H3,(H,22,23)/b21-11+. The average molecular weight is 464 g/mol. The number of fused-ring (bicyclic) bond motifs is 1. The van der Waals surface area contributed by atoms with E-state index in [2.05, 4.69) is 33.1 Å². The molecule has 0 bridgehead atoms. The van der Waals surface area contributed by atoms with Crippen LogP contribution >= 0.6 is 22.6 Å². The summed E-state index contributed by atoms with van der Waals surface area (Å²) in [5, 5.41) is 4.86. The van der Waals surface area contributed by atoms with Crippen LogP contribution in [0.1, 0.15) is 23.0 Å². The van der Waals surface area contributed by atoms with E-state index in [1.165, 1.54) is 0 Å². The molecule has 3 rings (SSSR count). The number of hydrazone groups is 1. The normalized spacial score (nSPS) is 11.0. The van der Waals surface area contributed by atoms with Crippen LogP contribution in [-0.2, 0) is 0 Å². The molecule has 1 aromatic heterocycles. The first-order chi connectivity index (χ1) is 12.6. The van der Waals surface area contributed by atoms with Gasteiger partial charge in [0.15, 0.2) is 17.3 Å². The maximum atomic E-state index is 12.2. The summed E-state index contributed by atoms with van der Waals surface area (Å²) in [5.74, 6) is 1.11. The lowest BCUT2D eigenvalue weighted by Gasteiger charge is -2.11. The van der Waals surface area contributed by atoms with E-state index in [-0.39, 0.29) is 5.76 Å². The second-order valence-corrected chi connectivity index (χ2v) is 6.48. The minimum Gasteiger partial charge on any atom is -0.493 e. The number of amides is 1. The average Bonchev–Trinajstić information content (AvgIpc) is 3.08. The largest absolute Gasteiger partial charge is 0.493 e. The van der Waals surface area contributed by atoms with E-state index < -0.39 is 5.91 Å². The highest BCUT2D eigenvalue weighted by Crippen LogP contribution is 2.33. The molecule has 1 N–H and O–H groups in total. The highest BCUT2D eigenvalue weighted by molar-refractivity contribution is 14.1. The van der Waals surface area contributed by atoms with Crippen molar-refractivity contribution < 1.29 is 18.7 Å². The Morgan fingerprint density at radius 3 is 2.85 bits per heavy atom. The summed E-state index contributed by atoms with van der Waals surface area (Å²) in [5.41, 5.74) is 3.90. The fraction of sp³-hybridized carbons (Fsp3) is 0.158. The second kappa shape index (κ2) is 8.22. The quantitative estimate of drug-likeness (QED) is 0.337. The van der Waals surface area contributed by atoms with Gasteiger partial charge >= 0.3 is 5.91 Å². The minimum absolute atomic E-state index is 0.210. The first kappa shape index (κ1) is 18.2. The van der Waals surface area contributed by atoms with E-state index >= 15 is 0 Å². The van der Waals surface area contributed by atoms with Crippen molar-refractivity contribution in [2.24, 2.45) is 5.10 Å². The van der Waals surface area contributed by atoms with Gasteiger partial charge in [-0.15, -0.1) is 0 Å². The van der Waals surface area contributed by atoms with E-state index in [1.54, 1.807) is 25.5 Å². The zero-order valence-corrected chi connectivity index (χ0v) is 16.4. The number of hydrogen-bond acceptors (Lipinski definition) is 5. The van der Waals surface area contributed by atoms with Crippen LogP contribution in [0.25, 0.3) is 11.0 Å². The van der Waals surface area contributed by atoms with Crippen molar-refractivity contribution in [2.75, 3.05) is 13.7 Å². The molecule has 3 aromatic rings. The molecule has 2 aromatic carbocycles. The summed E-state index contributed by atoms with van der Waals surface area (Å²) < 4.78 is 17.3. The zero-order chi connectivity index (χ0) is 18.5. The minimum atomic E-state index is -0.412. The molecular weight excluding hydrogens is 447 g/mol. The number of para-hydroxylation sites is 1. The lowest BCUT2D eigenvalue weighted by Crippen LogP contribution is -2.16. The van der Waals surface area contributed by atoms with Crippen LogP contribution in [0, 0.1) is 3.57 Å². The molecule has 0 atom stereocenters. The molecular formula is C19H17IN2O4. The number of hydrogen-bond donors (Lipinski definition) is 1. The molecule has 6 nitrogen and oxygen atoms in total. The van der Waals surface area contributed by atoms with Gasteiger partial charge in [-0.25, -0.2) is 5.43 Å². The van der Waals surface area contributed by atoms with Gasteiger partial charge in [-0.3, -0.25) is 4.79 Å². The third-order valence-corrected chi connectivity index (χ3v) is 4.37. The summed E-state index contributed by atoms with van der Waals surface area (Å²) in [7, 11) is 1.58. The maximum Gasteiger partial charge on any atom is 0.307 e. The lowest BCUT2D eigenvalue weighted by atomic mass is 10.2. The number of carbonyl (C=O) groups excluding carboxylic acids is 1. The van der Waals surface area contributed by atoms with Gasteiger partial charge in [-0.1, -0.05) is 18.2 Å². The van der Waals surface area contributed by atoms with Crippen molar-refractivity contribution in [3.05, 3.63) is 57.4 Å². The summed E-state index contributed by atoms with van der Waals surface area (Å²) in [6, 6.07) is 12.8. The van der Waals surface area contributed by atoms with E-state index in [9.17, 15) is 4.79 Å². The molecule has 7 heteroatoms. The van der Waals surface area contributed by atoms with E-state index in [4.69, 9.17) is 13.9 Å². The van der Waals surface area contributed by atoms with Gasteiger partial charge in [-0.05, 0) is 59.3 Å². The Kier molecular flexibility index (Phi) is 5.77. The Morgan fingerprint density at radius 1 is 1.31 bits per heavy atom. The molecule has 0 unspecified atom stereocenters. The predicted octanol–water partition coefficient (Wildman–Crippen LogP) is 4.21. The molecule has 0 spiro atoms. The zero-order valence-electron chi connectivity index (χ0n) is 14.3. The summed E-state index contributed by atoms with van der Waals surface area (Å²) in [6.07, 6.45) is 1.54. The van der Waals surface area contributed by atoms with Crippen molar-refractivity contribution in [1.82, 2.24) is 5.43 Å². The third kappa shape index (κ3) is 3.98. The molecule has 0 saturated carbocycles. The number of benzene rings is 2.